The van der Waals surface area contributed by atoms with E-state index in [4.69, 9.17) is 23.8 Å². The molecular formula is C61H37N3O2. The molecule has 13 aromatic rings. The number of nitrogens with zero attached hydrogens (tertiary/aromatic N) is 3. The monoisotopic (exact) mass is 843 g/mol. The molecule has 308 valence electrons. The maximum absolute atomic E-state index is 6.65. The van der Waals surface area contributed by atoms with Crippen molar-refractivity contribution in [2.24, 2.45) is 0 Å². The summed E-state index contributed by atoms with van der Waals surface area (Å²) < 4.78 is 13.3. The van der Waals surface area contributed by atoms with Crippen LogP contribution >= 0.6 is 0 Å². The highest BCUT2D eigenvalue weighted by atomic mass is 16.3. The molecule has 66 heavy (non-hydrogen) atoms. The first-order chi connectivity index (χ1) is 32.7. The van der Waals surface area contributed by atoms with Crippen LogP contribution in [-0.4, -0.2) is 15.0 Å². The van der Waals surface area contributed by atoms with Crippen LogP contribution in [0.2, 0.25) is 0 Å². The van der Waals surface area contributed by atoms with Gasteiger partial charge in [-0.25, -0.2) is 15.0 Å². The molecule has 3 aromatic heterocycles. The number of aromatic nitrogens is 3. The van der Waals surface area contributed by atoms with E-state index in [1.807, 2.05) is 48.5 Å². The normalized spacial score (nSPS) is 11.6. The third-order valence-corrected chi connectivity index (χ3v) is 12.8. The van der Waals surface area contributed by atoms with Crippen molar-refractivity contribution in [1.29, 1.82) is 0 Å². The van der Waals surface area contributed by atoms with E-state index in [1.54, 1.807) is 0 Å². The number of hydrogen-bond acceptors (Lipinski definition) is 5. The van der Waals surface area contributed by atoms with Gasteiger partial charge in [-0.2, -0.15) is 0 Å². The van der Waals surface area contributed by atoms with Gasteiger partial charge in [-0.05, 0) is 86.1 Å². The van der Waals surface area contributed by atoms with E-state index in [9.17, 15) is 0 Å². The Kier molecular flexibility index (Phi) is 8.78. The fraction of sp³-hybridized carbons (Fsp3) is 0. The van der Waals surface area contributed by atoms with Crippen LogP contribution in [0.15, 0.2) is 233 Å². The highest BCUT2D eigenvalue weighted by Crippen LogP contribution is 2.48. The van der Waals surface area contributed by atoms with Crippen LogP contribution in [0, 0.1) is 0 Å². The molecule has 5 nitrogen and oxygen atoms in total. The van der Waals surface area contributed by atoms with E-state index >= 15 is 0 Å². The third kappa shape index (κ3) is 6.21. The van der Waals surface area contributed by atoms with Crippen LogP contribution in [0.4, 0.5) is 0 Å². The molecule has 0 aliphatic rings. The maximum atomic E-state index is 6.65. The Labute approximate surface area is 379 Å². The van der Waals surface area contributed by atoms with Crippen molar-refractivity contribution in [3.05, 3.63) is 224 Å². The average Bonchev–Trinajstić information content (AvgIpc) is 3.97. The zero-order valence-corrected chi connectivity index (χ0v) is 35.5. The van der Waals surface area contributed by atoms with Crippen molar-refractivity contribution in [2.45, 2.75) is 0 Å². The summed E-state index contributed by atoms with van der Waals surface area (Å²) in [4.78, 5) is 16.3. The zero-order chi connectivity index (χ0) is 43.6. The SMILES string of the molecule is c1ccc(-c2cccc(-c3c(-c4nc(-c5cccc6c5oc5ccccc56)nc(-c5cccc6c5oc5ccccc56)n4)ccc(-c4cccc5ccccc45)c3-c3ccccc3)c2)cc1. The van der Waals surface area contributed by atoms with Gasteiger partial charge in [0.15, 0.2) is 17.5 Å². The molecule has 0 bridgehead atoms. The molecule has 0 saturated heterocycles. The number of furan rings is 2. The summed E-state index contributed by atoms with van der Waals surface area (Å²) in [5.41, 5.74) is 14.2. The summed E-state index contributed by atoms with van der Waals surface area (Å²) in [6.45, 7) is 0. The Morgan fingerprint density at radius 3 is 1.33 bits per heavy atom. The molecule has 0 spiro atoms. The van der Waals surface area contributed by atoms with Crippen LogP contribution in [0.25, 0.3) is 133 Å². The lowest BCUT2D eigenvalue weighted by Gasteiger charge is -2.21. The van der Waals surface area contributed by atoms with Gasteiger partial charge < -0.3 is 8.83 Å². The topological polar surface area (TPSA) is 65.0 Å². The van der Waals surface area contributed by atoms with Crippen LogP contribution in [0.5, 0.6) is 0 Å². The molecule has 0 amide bonds. The summed E-state index contributed by atoms with van der Waals surface area (Å²) in [7, 11) is 0. The molecule has 0 N–H and O–H groups in total. The lowest BCUT2D eigenvalue weighted by Crippen LogP contribution is -2.03. The van der Waals surface area contributed by atoms with Gasteiger partial charge in [-0.1, -0.05) is 188 Å². The fourth-order valence-corrected chi connectivity index (χ4v) is 9.75. The Balaban J connectivity index is 1.15. The first-order valence-corrected chi connectivity index (χ1v) is 22.2. The van der Waals surface area contributed by atoms with E-state index in [2.05, 4.69) is 176 Å². The van der Waals surface area contributed by atoms with Gasteiger partial charge in [0.05, 0.1) is 11.1 Å². The Morgan fingerprint density at radius 1 is 0.258 bits per heavy atom. The first kappa shape index (κ1) is 37.6. The highest BCUT2D eigenvalue weighted by molar-refractivity contribution is 6.11. The van der Waals surface area contributed by atoms with E-state index in [0.717, 1.165) is 105 Å². The molecule has 5 heteroatoms. The molecule has 0 radical (unpaired) electrons. The van der Waals surface area contributed by atoms with Gasteiger partial charge >= 0.3 is 0 Å². The van der Waals surface area contributed by atoms with Crippen molar-refractivity contribution >= 4 is 54.6 Å². The van der Waals surface area contributed by atoms with E-state index in [0.29, 0.717) is 17.5 Å². The molecule has 0 unspecified atom stereocenters. The Hall–Kier alpha value is -8.93. The van der Waals surface area contributed by atoms with Crippen molar-refractivity contribution in [3.8, 4) is 78.7 Å². The number of rotatable bonds is 7. The molecule has 0 saturated carbocycles. The van der Waals surface area contributed by atoms with E-state index in [-0.39, 0.29) is 0 Å². The Morgan fingerprint density at radius 2 is 0.682 bits per heavy atom. The van der Waals surface area contributed by atoms with E-state index in [1.165, 1.54) is 10.8 Å². The first-order valence-electron chi connectivity index (χ1n) is 22.2. The second kappa shape index (κ2) is 15.4. The minimum atomic E-state index is 0.496. The zero-order valence-electron chi connectivity index (χ0n) is 35.5. The second-order valence-corrected chi connectivity index (χ2v) is 16.6. The van der Waals surface area contributed by atoms with Crippen LogP contribution in [0.3, 0.4) is 0 Å². The smallest absolute Gasteiger partial charge is 0.167 e. The van der Waals surface area contributed by atoms with Gasteiger partial charge in [-0.15, -0.1) is 0 Å². The quantitative estimate of drug-likeness (QED) is 0.160. The molecule has 0 aliphatic carbocycles. The van der Waals surface area contributed by atoms with E-state index < -0.39 is 0 Å². The highest BCUT2D eigenvalue weighted by Gasteiger charge is 2.25. The Bertz CT molecular complexity index is 3860. The minimum Gasteiger partial charge on any atom is -0.455 e. The maximum Gasteiger partial charge on any atom is 0.167 e. The summed E-state index contributed by atoms with van der Waals surface area (Å²) in [6.07, 6.45) is 0. The molecular weight excluding hydrogens is 807 g/mol. The lowest BCUT2D eigenvalue weighted by atomic mass is 9.83. The summed E-state index contributed by atoms with van der Waals surface area (Å²) in [5.74, 6) is 1.52. The van der Waals surface area contributed by atoms with Gasteiger partial charge in [0.1, 0.15) is 22.3 Å². The van der Waals surface area contributed by atoms with Crippen molar-refractivity contribution in [1.82, 2.24) is 15.0 Å². The van der Waals surface area contributed by atoms with Crippen LogP contribution < -0.4 is 0 Å². The molecule has 10 aromatic carbocycles. The van der Waals surface area contributed by atoms with Gasteiger partial charge in [0.25, 0.3) is 0 Å². The summed E-state index contributed by atoms with van der Waals surface area (Å²) >= 11 is 0. The molecule has 0 atom stereocenters. The van der Waals surface area contributed by atoms with Crippen molar-refractivity contribution in [3.63, 3.8) is 0 Å². The standard InChI is InChI=1S/C61H37N3O2/c1-3-17-38(18-4-1)41-23-13-24-42(37-41)56-50(36-35-47(55(56)40-20-5-2-6-21-40)44-28-14-22-39-19-7-8-25-43(39)44)59-62-60(51-31-15-29-48-45-26-9-11-33-53(45)65-57(48)51)64-61(63-59)52-32-16-30-49-46-27-10-12-34-54(46)66-58(49)52/h1-37H. The number of para-hydroxylation sites is 4. The fourth-order valence-electron chi connectivity index (χ4n) is 9.75. The number of hydrogen-bond donors (Lipinski definition) is 0. The van der Waals surface area contributed by atoms with Crippen LogP contribution in [-0.2, 0) is 0 Å². The lowest BCUT2D eigenvalue weighted by molar-refractivity contribution is 0.669. The third-order valence-electron chi connectivity index (χ3n) is 12.8. The molecule has 0 aliphatic heterocycles. The number of fused-ring (bicyclic) bond motifs is 7. The summed E-state index contributed by atoms with van der Waals surface area (Å²) in [6, 6.07) is 78.3. The predicted octanol–water partition coefficient (Wildman–Crippen LogP) is 16.5. The largest absolute Gasteiger partial charge is 0.455 e. The summed E-state index contributed by atoms with van der Waals surface area (Å²) in [5, 5.41) is 6.42. The van der Waals surface area contributed by atoms with Gasteiger partial charge in [0, 0.05) is 32.7 Å². The van der Waals surface area contributed by atoms with Crippen LogP contribution in [0.1, 0.15) is 0 Å². The minimum absolute atomic E-state index is 0.496. The molecule has 13 rings (SSSR count). The van der Waals surface area contributed by atoms with Gasteiger partial charge in [0.2, 0.25) is 0 Å². The average molecular weight is 844 g/mol. The predicted molar refractivity (Wildman–Crippen MR) is 270 cm³/mol. The van der Waals surface area contributed by atoms with Crippen molar-refractivity contribution < 1.29 is 8.83 Å². The molecule has 3 heterocycles. The van der Waals surface area contributed by atoms with Crippen molar-refractivity contribution in [2.75, 3.05) is 0 Å². The second-order valence-electron chi connectivity index (χ2n) is 16.6. The molecule has 0 fully saturated rings. The van der Waals surface area contributed by atoms with Gasteiger partial charge in [-0.3, -0.25) is 0 Å². The number of benzene rings is 10.